The first-order valence-corrected chi connectivity index (χ1v) is 5.24. The molecule has 4 N–H and O–H groups in total. The van der Waals surface area contributed by atoms with Crippen molar-refractivity contribution in [3.63, 3.8) is 0 Å². The van der Waals surface area contributed by atoms with E-state index in [9.17, 15) is 4.79 Å². The Hall–Kier alpha value is -2.70. The van der Waals surface area contributed by atoms with Gasteiger partial charge in [-0.2, -0.15) is 5.10 Å². The number of rotatable bonds is 2. The van der Waals surface area contributed by atoms with Gasteiger partial charge in [0.05, 0.1) is 11.4 Å². The van der Waals surface area contributed by atoms with Gasteiger partial charge in [0.25, 0.3) is 5.91 Å². The quantitative estimate of drug-likeness (QED) is 0.685. The van der Waals surface area contributed by atoms with Crippen LogP contribution in [0.5, 0.6) is 11.5 Å². The number of benzene rings is 1. The Bertz CT molecular complexity index is 595. The second kappa shape index (κ2) is 3.95. The molecule has 2 aromatic rings. The summed E-state index contributed by atoms with van der Waals surface area (Å²) in [6.45, 7) is 0.159. The highest BCUT2D eigenvalue weighted by Gasteiger charge is 2.17. The number of nitrogen functional groups attached to an aromatic ring is 1. The summed E-state index contributed by atoms with van der Waals surface area (Å²) in [5.41, 5.74) is 7.05. The first-order valence-electron chi connectivity index (χ1n) is 5.24. The smallest absolute Gasteiger partial charge is 0.273 e. The van der Waals surface area contributed by atoms with Crippen molar-refractivity contribution in [2.45, 2.75) is 0 Å². The molecule has 0 bridgehead atoms. The Morgan fingerprint density at radius 3 is 2.89 bits per heavy atom. The van der Waals surface area contributed by atoms with Crippen molar-refractivity contribution in [2.75, 3.05) is 17.8 Å². The molecule has 0 aliphatic carbocycles. The molecule has 92 valence electrons. The van der Waals surface area contributed by atoms with Crippen LogP contribution in [-0.2, 0) is 0 Å². The summed E-state index contributed by atoms with van der Waals surface area (Å²) in [6.07, 6.45) is 1.50. The van der Waals surface area contributed by atoms with Crippen LogP contribution in [0, 0.1) is 0 Å². The largest absolute Gasteiger partial charge is 0.454 e. The highest BCUT2D eigenvalue weighted by molar-refractivity contribution is 6.04. The maximum absolute atomic E-state index is 11.8. The van der Waals surface area contributed by atoms with E-state index >= 15 is 0 Å². The van der Waals surface area contributed by atoms with Gasteiger partial charge < -0.3 is 20.5 Å². The molecule has 0 radical (unpaired) electrons. The van der Waals surface area contributed by atoms with E-state index in [4.69, 9.17) is 15.2 Å². The molecule has 1 aliphatic heterocycles. The number of aromatic nitrogens is 2. The SMILES string of the molecule is Nc1cc2c(cc1NC(=O)c1ccn[nH]1)OCO2. The molecule has 2 heterocycles. The van der Waals surface area contributed by atoms with Crippen molar-refractivity contribution in [3.05, 3.63) is 30.1 Å². The van der Waals surface area contributed by atoms with E-state index in [-0.39, 0.29) is 12.7 Å². The molecule has 3 rings (SSSR count). The number of aromatic amines is 1. The zero-order valence-corrected chi connectivity index (χ0v) is 9.27. The van der Waals surface area contributed by atoms with Gasteiger partial charge in [0.2, 0.25) is 6.79 Å². The van der Waals surface area contributed by atoms with E-state index in [1.54, 1.807) is 18.2 Å². The van der Waals surface area contributed by atoms with E-state index in [0.29, 0.717) is 28.6 Å². The number of hydrogen-bond donors (Lipinski definition) is 3. The van der Waals surface area contributed by atoms with Crippen LogP contribution >= 0.6 is 0 Å². The van der Waals surface area contributed by atoms with E-state index < -0.39 is 0 Å². The molecule has 0 unspecified atom stereocenters. The molecule has 0 fully saturated rings. The minimum Gasteiger partial charge on any atom is -0.454 e. The maximum atomic E-state index is 11.8. The Balaban J connectivity index is 1.87. The zero-order valence-electron chi connectivity index (χ0n) is 9.27. The lowest BCUT2D eigenvalue weighted by Crippen LogP contribution is -2.13. The summed E-state index contributed by atoms with van der Waals surface area (Å²) in [7, 11) is 0. The number of anilines is 2. The second-order valence-corrected chi connectivity index (χ2v) is 3.72. The van der Waals surface area contributed by atoms with E-state index in [0.717, 1.165) is 0 Å². The Kier molecular flexibility index (Phi) is 2.30. The Morgan fingerprint density at radius 2 is 2.17 bits per heavy atom. The topological polar surface area (TPSA) is 102 Å². The minimum atomic E-state index is -0.321. The molecule has 1 aromatic heterocycles. The third-order valence-corrected chi connectivity index (χ3v) is 2.54. The fraction of sp³-hybridized carbons (Fsp3) is 0.0909. The van der Waals surface area contributed by atoms with Gasteiger partial charge in [0, 0.05) is 18.3 Å². The minimum absolute atomic E-state index is 0.159. The standard InChI is InChI=1S/C11H10N4O3/c12-6-3-9-10(18-5-17-9)4-8(6)14-11(16)7-1-2-13-15-7/h1-4H,5,12H2,(H,13,15)(H,14,16). The fourth-order valence-electron chi connectivity index (χ4n) is 1.64. The lowest BCUT2D eigenvalue weighted by atomic mass is 10.2. The molecule has 7 nitrogen and oxygen atoms in total. The molecule has 0 saturated carbocycles. The van der Waals surface area contributed by atoms with E-state index in [1.807, 2.05) is 0 Å². The van der Waals surface area contributed by atoms with Gasteiger partial charge in [0.1, 0.15) is 5.69 Å². The first-order chi connectivity index (χ1) is 8.74. The maximum Gasteiger partial charge on any atom is 0.273 e. The molecule has 0 saturated heterocycles. The molecule has 1 aliphatic rings. The van der Waals surface area contributed by atoms with Gasteiger partial charge in [-0.1, -0.05) is 0 Å². The molecule has 1 aromatic carbocycles. The summed E-state index contributed by atoms with van der Waals surface area (Å²) >= 11 is 0. The number of fused-ring (bicyclic) bond motifs is 1. The van der Waals surface area contributed by atoms with Crippen molar-refractivity contribution < 1.29 is 14.3 Å². The number of nitrogens with two attached hydrogens (primary N) is 1. The van der Waals surface area contributed by atoms with Crippen LogP contribution in [-0.4, -0.2) is 22.9 Å². The number of carbonyl (C=O) groups is 1. The molecule has 0 atom stereocenters. The predicted octanol–water partition coefficient (Wildman–Crippen LogP) is 0.973. The average molecular weight is 246 g/mol. The van der Waals surface area contributed by atoms with Crippen LogP contribution in [0.25, 0.3) is 0 Å². The summed E-state index contributed by atoms with van der Waals surface area (Å²) in [5.74, 6) is 0.814. The van der Waals surface area contributed by atoms with Gasteiger partial charge in [-0.3, -0.25) is 9.89 Å². The normalized spacial score (nSPS) is 12.4. The van der Waals surface area contributed by atoms with Crippen molar-refractivity contribution in [2.24, 2.45) is 0 Å². The van der Waals surface area contributed by atoms with Gasteiger partial charge in [-0.25, -0.2) is 0 Å². The molecule has 18 heavy (non-hydrogen) atoms. The van der Waals surface area contributed by atoms with Crippen molar-refractivity contribution in [1.82, 2.24) is 10.2 Å². The zero-order chi connectivity index (χ0) is 12.5. The molecular formula is C11H10N4O3. The van der Waals surface area contributed by atoms with Crippen LogP contribution in [0.2, 0.25) is 0 Å². The number of nitrogens with one attached hydrogen (secondary N) is 2. The van der Waals surface area contributed by atoms with Gasteiger partial charge >= 0.3 is 0 Å². The van der Waals surface area contributed by atoms with E-state index in [2.05, 4.69) is 15.5 Å². The summed E-state index contributed by atoms with van der Waals surface area (Å²) in [6, 6.07) is 4.81. The average Bonchev–Trinajstić information content (AvgIpc) is 2.98. The lowest BCUT2D eigenvalue weighted by Gasteiger charge is -2.08. The molecule has 0 spiro atoms. The summed E-state index contributed by atoms with van der Waals surface area (Å²) < 4.78 is 10.4. The molecule has 7 heteroatoms. The van der Waals surface area contributed by atoms with Gasteiger partial charge in [-0.15, -0.1) is 0 Å². The third kappa shape index (κ3) is 1.71. The number of hydrogen-bond acceptors (Lipinski definition) is 5. The molecular weight excluding hydrogens is 236 g/mol. The second-order valence-electron chi connectivity index (χ2n) is 3.72. The van der Waals surface area contributed by atoms with Crippen LogP contribution < -0.4 is 20.5 Å². The third-order valence-electron chi connectivity index (χ3n) is 2.54. The monoisotopic (exact) mass is 246 g/mol. The van der Waals surface area contributed by atoms with Crippen LogP contribution in [0.1, 0.15) is 10.5 Å². The highest BCUT2D eigenvalue weighted by Crippen LogP contribution is 2.38. The Morgan fingerprint density at radius 1 is 1.39 bits per heavy atom. The number of amides is 1. The lowest BCUT2D eigenvalue weighted by molar-refractivity contribution is 0.102. The van der Waals surface area contributed by atoms with Crippen LogP contribution in [0.4, 0.5) is 11.4 Å². The fourth-order valence-corrected chi connectivity index (χ4v) is 1.64. The van der Waals surface area contributed by atoms with Crippen molar-refractivity contribution >= 4 is 17.3 Å². The van der Waals surface area contributed by atoms with Gasteiger partial charge in [0.15, 0.2) is 11.5 Å². The van der Waals surface area contributed by atoms with Crippen LogP contribution in [0.3, 0.4) is 0 Å². The number of H-pyrrole nitrogens is 1. The summed E-state index contributed by atoms with van der Waals surface area (Å²) in [5, 5.41) is 8.95. The van der Waals surface area contributed by atoms with E-state index in [1.165, 1.54) is 6.20 Å². The summed E-state index contributed by atoms with van der Waals surface area (Å²) in [4.78, 5) is 11.8. The highest BCUT2D eigenvalue weighted by atomic mass is 16.7. The van der Waals surface area contributed by atoms with Crippen molar-refractivity contribution in [1.29, 1.82) is 0 Å². The van der Waals surface area contributed by atoms with Gasteiger partial charge in [-0.05, 0) is 6.07 Å². The van der Waals surface area contributed by atoms with Crippen molar-refractivity contribution in [3.8, 4) is 11.5 Å². The molecule has 1 amide bonds. The predicted molar refractivity (Wildman–Crippen MR) is 63.5 cm³/mol. The van der Waals surface area contributed by atoms with Crippen LogP contribution in [0.15, 0.2) is 24.4 Å². The Labute approximate surface area is 102 Å². The number of nitrogens with zero attached hydrogens (tertiary/aromatic N) is 1. The first kappa shape index (κ1) is 10.5. The number of carbonyl (C=O) groups excluding carboxylic acids is 1. The number of ether oxygens (including phenoxy) is 2.